The number of rotatable bonds is 2. The van der Waals surface area contributed by atoms with Crippen molar-refractivity contribution in [1.29, 1.82) is 0 Å². The molecule has 1 aliphatic rings. The van der Waals surface area contributed by atoms with Gasteiger partial charge in [0.25, 0.3) is 0 Å². The molecule has 2 aromatic rings. The molecule has 132 valence electrons. The van der Waals surface area contributed by atoms with Crippen molar-refractivity contribution in [3.8, 4) is 0 Å². The monoisotopic (exact) mass is 356 g/mol. The fourth-order valence-corrected chi connectivity index (χ4v) is 3.26. The van der Waals surface area contributed by atoms with Crippen molar-refractivity contribution in [2.24, 2.45) is 0 Å². The third-order valence-corrected chi connectivity index (χ3v) is 4.33. The van der Waals surface area contributed by atoms with E-state index >= 15 is 0 Å². The van der Waals surface area contributed by atoms with Crippen LogP contribution in [0.1, 0.15) is 36.1 Å². The Hall–Kier alpha value is -2.26. The molecule has 0 saturated heterocycles. The third kappa shape index (κ3) is 4.43. The molecule has 2 aromatic carbocycles. The maximum absolute atomic E-state index is 12.5. The van der Waals surface area contributed by atoms with Crippen LogP contribution in [-0.2, 0) is 11.2 Å². The SMILES string of the molecule is Cc1ccc(NC(=O)C=C2NC(C)(C)Cc3ccccc32)c(C)c1.Cl. The van der Waals surface area contributed by atoms with E-state index in [4.69, 9.17) is 0 Å². The molecular formula is C21H25ClN2O. The van der Waals surface area contributed by atoms with Gasteiger partial charge in [0, 0.05) is 28.6 Å². The highest BCUT2D eigenvalue weighted by molar-refractivity contribution is 6.04. The molecule has 0 spiro atoms. The first-order valence-corrected chi connectivity index (χ1v) is 8.30. The minimum absolute atomic E-state index is 0. The van der Waals surface area contributed by atoms with Crippen molar-refractivity contribution in [2.75, 3.05) is 5.32 Å². The summed E-state index contributed by atoms with van der Waals surface area (Å²) in [6, 6.07) is 14.3. The summed E-state index contributed by atoms with van der Waals surface area (Å²) >= 11 is 0. The molecule has 0 aliphatic carbocycles. The van der Waals surface area contributed by atoms with Gasteiger partial charge < -0.3 is 10.6 Å². The molecule has 2 N–H and O–H groups in total. The van der Waals surface area contributed by atoms with Crippen LogP contribution in [0.3, 0.4) is 0 Å². The van der Waals surface area contributed by atoms with Crippen LogP contribution in [0.25, 0.3) is 5.70 Å². The van der Waals surface area contributed by atoms with Crippen LogP contribution >= 0.6 is 12.4 Å². The van der Waals surface area contributed by atoms with Crippen molar-refractivity contribution in [2.45, 2.75) is 39.7 Å². The quantitative estimate of drug-likeness (QED) is 0.770. The second-order valence-corrected chi connectivity index (χ2v) is 7.21. The van der Waals surface area contributed by atoms with Crippen LogP contribution in [0.2, 0.25) is 0 Å². The highest BCUT2D eigenvalue weighted by atomic mass is 35.5. The smallest absolute Gasteiger partial charge is 0.250 e. The van der Waals surface area contributed by atoms with Crippen LogP contribution in [0.15, 0.2) is 48.5 Å². The van der Waals surface area contributed by atoms with Gasteiger partial charge in [-0.3, -0.25) is 4.79 Å². The highest BCUT2D eigenvalue weighted by Crippen LogP contribution is 2.29. The van der Waals surface area contributed by atoms with Crippen LogP contribution in [0.5, 0.6) is 0 Å². The zero-order valence-electron chi connectivity index (χ0n) is 15.1. The number of halogens is 1. The summed E-state index contributed by atoms with van der Waals surface area (Å²) in [6.45, 7) is 8.36. The topological polar surface area (TPSA) is 41.1 Å². The second kappa shape index (κ2) is 7.32. The van der Waals surface area contributed by atoms with Gasteiger partial charge in [-0.25, -0.2) is 0 Å². The molecule has 0 aromatic heterocycles. The predicted octanol–water partition coefficient (Wildman–Crippen LogP) is 4.63. The summed E-state index contributed by atoms with van der Waals surface area (Å²) in [7, 11) is 0. The molecule has 1 amide bonds. The Bertz CT molecular complexity index is 824. The zero-order chi connectivity index (χ0) is 17.3. The van der Waals surface area contributed by atoms with E-state index in [1.54, 1.807) is 6.08 Å². The van der Waals surface area contributed by atoms with Gasteiger partial charge in [0.1, 0.15) is 0 Å². The molecule has 3 rings (SSSR count). The molecule has 3 nitrogen and oxygen atoms in total. The Morgan fingerprint density at radius 3 is 2.60 bits per heavy atom. The van der Waals surface area contributed by atoms with Gasteiger partial charge in [-0.2, -0.15) is 0 Å². The van der Waals surface area contributed by atoms with Gasteiger partial charge in [0.15, 0.2) is 0 Å². The predicted molar refractivity (Wildman–Crippen MR) is 107 cm³/mol. The van der Waals surface area contributed by atoms with E-state index in [0.29, 0.717) is 0 Å². The van der Waals surface area contributed by atoms with E-state index in [9.17, 15) is 4.79 Å². The maximum atomic E-state index is 12.5. The van der Waals surface area contributed by atoms with Gasteiger partial charge in [-0.1, -0.05) is 42.0 Å². The minimum Gasteiger partial charge on any atom is -0.379 e. The number of hydrogen-bond acceptors (Lipinski definition) is 2. The van der Waals surface area contributed by atoms with E-state index in [1.165, 1.54) is 11.1 Å². The Morgan fingerprint density at radius 2 is 1.88 bits per heavy atom. The van der Waals surface area contributed by atoms with E-state index in [0.717, 1.165) is 28.9 Å². The zero-order valence-corrected chi connectivity index (χ0v) is 16.0. The van der Waals surface area contributed by atoms with Gasteiger partial charge in [0.2, 0.25) is 5.91 Å². The molecule has 1 heterocycles. The summed E-state index contributed by atoms with van der Waals surface area (Å²) in [4.78, 5) is 12.5. The Morgan fingerprint density at radius 1 is 1.16 bits per heavy atom. The summed E-state index contributed by atoms with van der Waals surface area (Å²) in [5.41, 5.74) is 6.29. The first-order chi connectivity index (χ1) is 11.3. The molecule has 0 saturated carbocycles. The van der Waals surface area contributed by atoms with Gasteiger partial charge in [0.05, 0.1) is 0 Å². The number of nitrogens with one attached hydrogen (secondary N) is 2. The molecule has 25 heavy (non-hydrogen) atoms. The number of fused-ring (bicyclic) bond motifs is 1. The summed E-state index contributed by atoms with van der Waals surface area (Å²) in [5, 5.41) is 6.48. The second-order valence-electron chi connectivity index (χ2n) is 7.21. The number of anilines is 1. The van der Waals surface area contributed by atoms with Crippen molar-refractivity contribution in [3.05, 3.63) is 70.8 Å². The van der Waals surface area contributed by atoms with E-state index in [1.807, 2.05) is 38.1 Å². The molecule has 4 heteroatoms. The highest BCUT2D eigenvalue weighted by Gasteiger charge is 2.27. The summed E-state index contributed by atoms with van der Waals surface area (Å²) in [5.74, 6) is -0.114. The lowest BCUT2D eigenvalue weighted by molar-refractivity contribution is -0.111. The van der Waals surface area contributed by atoms with Crippen molar-refractivity contribution >= 4 is 29.7 Å². The lowest BCUT2D eigenvalue weighted by Crippen LogP contribution is -2.44. The van der Waals surface area contributed by atoms with Crippen LogP contribution in [0.4, 0.5) is 5.69 Å². The average Bonchev–Trinajstić information content (AvgIpc) is 2.49. The number of benzene rings is 2. The number of carbonyl (C=O) groups is 1. The van der Waals surface area contributed by atoms with Crippen LogP contribution in [0, 0.1) is 13.8 Å². The number of hydrogen-bond donors (Lipinski definition) is 2. The fraction of sp³-hybridized carbons (Fsp3) is 0.286. The maximum Gasteiger partial charge on any atom is 0.250 e. The average molecular weight is 357 g/mol. The summed E-state index contributed by atoms with van der Waals surface area (Å²) in [6.07, 6.45) is 2.61. The Balaban J connectivity index is 0.00000225. The molecule has 0 atom stereocenters. The molecule has 1 aliphatic heterocycles. The minimum atomic E-state index is -0.114. The third-order valence-electron chi connectivity index (χ3n) is 4.33. The van der Waals surface area contributed by atoms with E-state index in [-0.39, 0.29) is 23.9 Å². The standard InChI is InChI=1S/C21H24N2O.ClH/c1-14-9-10-18(15(2)11-14)22-20(24)12-19-17-8-6-5-7-16(17)13-21(3,4)23-19;/h5-12,23H,13H2,1-4H3,(H,22,24);1H. The van der Waals surface area contributed by atoms with Crippen LogP contribution < -0.4 is 10.6 Å². The Labute approximate surface area is 155 Å². The first kappa shape index (κ1) is 19.1. The molecule has 0 fully saturated rings. The molecular weight excluding hydrogens is 332 g/mol. The fourth-order valence-electron chi connectivity index (χ4n) is 3.26. The van der Waals surface area contributed by atoms with Gasteiger partial charge >= 0.3 is 0 Å². The lowest BCUT2D eigenvalue weighted by Gasteiger charge is -2.35. The van der Waals surface area contributed by atoms with Crippen molar-refractivity contribution < 1.29 is 4.79 Å². The van der Waals surface area contributed by atoms with E-state index in [2.05, 4.69) is 42.7 Å². The molecule has 0 bridgehead atoms. The number of amides is 1. The number of carbonyl (C=O) groups excluding carboxylic acids is 1. The summed E-state index contributed by atoms with van der Waals surface area (Å²) < 4.78 is 0. The number of aryl methyl sites for hydroxylation is 2. The van der Waals surface area contributed by atoms with E-state index < -0.39 is 0 Å². The molecule has 0 unspecified atom stereocenters. The largest absolute Gasteiger partial charge is 0.379 e. The van der Waals surface area contributed by atoms with Gasteiger partial charge in [-0.15, -0.1) is 12.4 Å². The van der Waals surface area contributed by atoms with Crippen molar-refractivity contribution in [3.63, 3.8) is 0 Å². The first-order valence-electron chi connectivity index (χ1n) is 8.30. The Kier molecular flexibility index (Phi) is 5.58. The van der Waals surface area contributed by atoms with Crippen molar-refractivity contribution in [1.82, 2.24) is 5.32 Å². The van der Waals surface area contributed by atoms with Crippen LogP contribution in [-0.4, -0.2) is 11.4 Å². The lowest BCUT2D eigenvalue weighted by atomic mass is 9.86. The molecule has 0 radical (unpaired) electrons. The normalized spacial score (nSPS) is 16.4. The van der Waals surface area contributed by atoms with Gasteiger partial charge in [-0.05, 0) is 51.3 Å².